The number of anilines is 1. The summed E-state index contributed by atoms with van der Waals surface area (Å²) < 4.78 is 62.4. The largest absolute Gasteiger partial charge is 0.497 e. The molecule has 0 aliphatic carbocycles. The Balaban J connectivity index is 1.47. The zero-order valence-corrected chi connectivity index (χ0v) is 20.8. The Bertz CT molecular complexity index is 1670. The number of carbonyl (C=O) groups is 2. The van der Waals surface area contributed by atoms with Gasteiger partial charge in [-0.15, -0.1) is 11.3 Å². The zero-order valence-electron chi connectivity index (χ0n) is 20.0. The van der Waals surface area contributed by atoms with Gasteiger partial charge in [-0.3, -0.25) is 9.59 Å². The van der Waals surface area contributed by atoms with Crippen LogP contribution in [0, 0.1) is 0 Å². The van der Waals surface area contributed by atoms with Crippen molar-refractivity contribution < 1.29 is 41.1 Å². The molecule has 5 rings (SSSR count). The minimum absolute atomic E-state index is 0.00114. The van der Waals surface area contributed by atoms with Gasteiger partial charge in [-0.1, -0.05) is 6.07 Å². The molecule has 0 saturated carbocycles. The van der Waals surface area contributed by atoms with Gasteiger partial charge in [-0.05, 0) is 42.5 Å². The molecule has 0 aliphatic rings. The number of alkyl halides is 3. The molecule has 5 aromatic rings. The van der Waals surface area contributed by atoms with Crippen molar-refractivity contribution in [3.05, 3.63) is 83.0 Å². The Kier molecular flexibility index (Phi) is 6.74. The molecule has 1 aromatic carbocycles. The van der Waals surface area contributed by atoms with Gasteiger partial charge in [0.25, 0.3) is 11.8 Å². The van der Waals surface area contributed by atoms with Gasteiger partial charge < -0.3 is 29.4 Å². The van der Waals surface area contributed by atoms with Crippen molar-refractivity contribution in [1.29, 1.82) is 0 Å². The number of thiophene rings is 1. The molecule has 39 heavy (non-hydrogen) atoms. The van der Waals surface area contributed by atoms with E-state index in [1.807, 2.05) is 0 Å². The van der Waals surface area contributed by atoms with Gasteiger partial charge in [0.15, 0.2) is 5.76 Å². The van der Waals surface area contributed by atoms with Crippen LogP contribution in [-0.2, 0) is 12.8 Å². The lowest BCUT2D eigenvalue weighted by Gasteiger charge is -2.10. The topological polar surface area (TPSA) is 130 Å². The number of nitrogens with two attached hydrogens (primary N) is 1. The van der Waals surface area contributed by atoms with Crippen LogP contribution in [0.5, 0.6) is 11.5 Å². The summed E-state index contributed by atoms with van der Waals surface area (Å²) in [5.41, 5.74) is 4.18. The molecule has 9 nitrogen and oxygen atoms in total. The highest BCUT2D eigenvalue weighted by atomic mass is 32.1. The van der Waals surface area contributed by atoms with Gasteiger partial charge in [0.05, 0.1) is 19.1 Å². The van der Waals surface area contributed by atoms with E-state index < -0.39 is 23.7 Å². The number of nitrogens with zero attached hydrogens (tertiary/aromatic N) is 1. The SMILES string of the molecule is COc1cccc(OCc2ccc(C(=O)Nc3c(C(N)=O)sc4nc(C(F)(F)F)cc(-c5ccco5)c34)o2)c1. The van der Waals surface area contributed by atoms with E-state index in [4.69, 9.17) is 24.0 Å². The minimum atomic E-state index is -4.77. The molecule has 0 atom stereocenters. The van der Waals surface area contributed by atoms with Crippen molar-refractivity contribution in [2.75, 3.05) is 12.4 Å². The fraction of sp³-hybridized carbons (Fsp3) is 0.115. The number of methoxy groups -OCH3 is 1. The molecule has 2 amide bonds. The second-order valence-electron chi connectivity index (χ2n) is 8.07. The summed E-state index contributed by atoms with van der Waals surface area (Å²) >= 11 is 0.622. The first kappa shape index (κ1) is 25.9. The quantitative estimate of drug-likeness (QED) is 0.236. The van der Waals surface area contributed by atoms with Crippen LogP contribution in [0.15, 0.2) is 69.7 Å². The molecular weight excluding hydrogens is 539 g/mol. The average molecular weight is 558 g/mol. The molecule has 0 spiro atoms. The van der Waals surface area contributed by atoms with Crippen molar-refractivity contribution in [1.82, 2.24) is 4.98 Å². The van der Waals surface area contributed by atoms with Gasteiger partial charge in [0.1, 0.15) is 45.0 Å². The fourth-order valence-electron chi connectivity index (χ4n) is 3.76. The second-order valence-corrected chi connectivity index (χ2v) is 9.07. The second kappa shape index (κ2) is 10.2. The number of benzene rings is 1. The predicted molar refractivity (Wildman–Crippen MR) is 135 cm³/mol. The van der Waals surface area contributed by atoms with Gasteiger partial charge in [0, 0.05) is 17.0 Å². The van der Waals surface area contributed by atoms with E-state index in [9.17, 15) is 22.8 Å². The van der Waals surface area contributed by atoms with Crippen molar-refractivity contribution in [2.45, 2.75) is 12.8 Å². The molecule has 4 heterocycles. The summed E-state index contributed by atoms with van der Waals surface area (Å²) in [5.74, 6) is -0.342. The molecule has 0 radical (unpaired) electrons. The van der Waals surface area contributed by atoms with Crippen LogP contribution in [0.25, 0.3) is 21.5 Å². The number of fused-ring (bicyclic) bond motifs is 1. The summed E-state index contributed by atoms with van der Waals surface area (Å²) in [7, 11) is 1.53. The molecule has 0 unspecified atom stereocenters. The van der Waals surface area contributed by atoms with Crippen molar-refractivity contribution in [3.8, 4) is 22.8 Å². The number of furan rings is 2. The molecule has 0 bridgehead atoms. The van der Waals surface area contributed by atoms with E-state index in [1.54, 1.807) is 24.3 Å². The monoisotopic (exact) mass is 557 g/mol. The number of pyridine rings is 1. The number of amides is 2. The van der Waals surface area contributed by atoms with E-state index in [2.05, 4.69) is 10.3 Å². The average Bonchev–Trinajstić information content (AvgIpc) is 3.67. The maximum absolute atomic E-state index is 13.6. The maximum atomic E-state index is 13.6. The molecule has 13 heteroatoms. The normalized spacial score (nSPS) is 11.5. The standard InChI is InChI=1S/C26H18F3N3O6S/c1-35-13-4-2-5-14(10-13)37-12-15-7-8-18(38-15)24(34)32-21-20-16(17-6-3-9-36-17)11-19(26(27,28)29)31-25(20)39-22(21)23(30)33/h2-11H,12H2,1H3,(H2,30,33)(H,32,34). The Morgan fingerprint density at radius 1 is 1.10 bits per heavy atom. The number of aromatic nitrogens is 1. The third-order valence-corrected chi connectivity index (χ3v) is 6.61. The summed E-state index contributed by atoms with van der Waals surface area (Å²) in [4.78, 5) is 28.6. The van der Waals surface area contributed by atoms with Crippen LogP contribution in [0.3, 0.4) is 0 Å². The summed E-state index contributed by atoms with van der Waals surface area (Å²) in [5, 5.41) is 2.62. The molecular formula is C26H18F3N3O6S. The molecule has 200 valence electrons. The van der Waals surface area contributed by atoms with Crippen molar-refractivity contribution >= 4 is 39.1 Å². The number of hydrogen-bond donors (Lipinski definition) is 2. The Hall–Kier alpha value is -4.78. The number of carbonyl (C=O) groups excluding carboxylic acids is 2. The Morgan fingerprint density at radius 2 is 1.90 bits per heavy atom. The first-order valence-corrected chi connectivity index (χ1v) is 12.0. The third kappa shape index (κ3) is 5.29. The number of halogens is 3. The van der Waals surface area contributed by atoms with Crippen molar-refractivity contribution in [3.63, 3.8) is 0 Å². The van der Waals surface area contributed by atoms with Gasteiger partial charge in [-0.25, -0.2) is 4.98 Å². The molecule has 0 fully saturated rings. The van der Waals surface area contributed by atoms with E-state index in [0.29, 0.717) is 28.6 Å². The van der Waals surface area contributed by atoms with Crippen LogP contribution < -0.4 is 20.5 Å². The lowest BCUT2D eigenvalue weighted by Crippen LogP contribution is -2.16. The maximum Gasteiger partial charge on any atom is 0.433 e. The Morgan fingerprint density at radius 3 is 2.59 bits per heavy atom. The molecule has 0 saturated heterocycles. The third-order valence-electron chi connectivity index (χ3n) is 5.51. The number of hydrogen-bond acceptors (Lipinski definition) is 8. The first-order chi connectivity index (χ1) is 18.6. The van der Waals surface area contributed by atoms with Crippen LogP contribution in [-0.4, -0.2) is 23.9 Å². The summed E-state index contributed by atoms with van der Waals surface area (Å²) in [6.45, 7) is 0.00114. The minimum Gasteiger partial charge on any atom is -0.497 e. The summed E-state index contributed by atoms with van der Waals surface area (Å²) in [6, 6.07) is 13.6. The number of nitrogens with one attached hydrogen (secondary N) is 1. The van der Waals surface area contributed by atoms with Crippen LogP contribution in [0.4, 0.5) is 18.9 Å². The highest BCUT2D eigenvalue weighted by Gasteiger charge is 2.35. The van der Waals surface area contributed by atoms with E-state index >= 15 is 0 Å². The number of primary amides is 1. The molecule has 0 aliphatic heterocycles. The van der Waals surface area contributed by atoms with Crippen LogP contribution in [0.2, 0.25) is 0 Å². The fourth-order valence-corrected chi connectivity index (χ4v) is 4.77. The van der Waals surface area contributed by atoms with E-state index in [1.165, 1.54) is 37.6 Å². The van der Waals surface area contributed by atoms with Gasteiger partial charge in [-0.2, -0.15) is 13.2 Å². The van der Waals surface area contributed by atoms with Gasteiger partial charge >= 0.3 is 6.18 Å². The lowest BCUT2D eigenvalue weighted by atomic mass is 10.1. The zero-order chi connectivity index (χ0) is 27.7. The number of ether oxygens (including phenoxy) is 2. The summed E-state index contributed by atoms with van der Waals surface area (Å²) in [6.07, 6.45) is -3.49. The van der Waals surface area contributed by atoms with Crippen molar-refractivity contribution in [2.24, 2.45) is 5.73 Å². The van der Waals surface area contributed by atoms with Crippen LogP contribution >= 0.6 is 11.3 Å². The van der Waals surface area contributed by atoms with Gasteiger partial charge in [0.2, 0.25) is 0 Å². The lowest BCUT2D eigenvalue weighted by molar-refractivity contribution is -0.140. The number of rotatable bonds is 8. The molecule has 3 N–H and O–H groups in total. The Labute approximate surface area is 221 Å². The van der Waals surface area contributed by atoms with Crippen LogP contribution in [0.1, 0.15) is 31.7 Å². The molecule has 4 aromatic heterocycles. The smallest absolute Gasteiger partial charge is 0.433 e. The van der Waals surface area contributed by atoms with E-state index in [-0.39, 0.29) is 44.5 Å². The highest BCUT2D eigenvalue weighted by molar-refractivity contribution is 7.21. The predicted octanol–water partition coefficient (Wildman–Crippen LogP) is 6.11. The highest BCUT2D eigenvalue weighted by Crippen LogP contribution is 2.43. The van der Waals surface area contributed by atoms with E-state index in [0.717, 1.165) is 6.07 Å². The first-order valence-electron chi connectivity index (χ1n) is 11.2.